The standard InChI is InChI=1S/C13H16FNO/c1-10-9-15(6-3-7-16-2)13-8-11(14)4-5-12(10)13/h4-5,8-9H,3,6-7H2,1-2H3. The van der Waals surface area contributed by atoms with Gasteiger partial charge >= 0.3 is 0 Å². The van der Waals surface area contributed by atoms with Crippen LogP contribution in [0.2, 0.25) is 0 Å². The number of benzene rings is 1. The lowest BCUT2D eigenvalue weighted by Gasteiger charge is -2.04. The molecule has 0 bridgehead atoms. The Morgan fingerprint density at radius 1 is 1.38 bits per heavy atom. The predicted molar refractivity (Wildman–Crippen MR) is 63.1 cm³/mol. The maximum absolute atomic E-state index is 13.2. The van der Waals surface area contributed by atoms with Crippen molar-refractivity contribution in [2.45, 2.75) is 19.9 Å². The van der Waals surface area contributed by atoms with Gasteiger partial charge in [0, 0.05) is 31.8 Å². The fourth-order valence-corrected chi connectivity index (χ4v) is 2.01. The van der Waals surface area contributed by atoms with Crippen molar-refractivity contribution in [1.29, 1.82) is 0 Å². The molecule has 0 amide bonds. The third-order valence-corrected chi connectivity index (χ3v) is 2.79. The molecule has 2 aromatic rings. The van der Waals surface area contributed by atoms with Crippen LogP contribution in [0, 0.1) is 12.7 Å². The molecule has 0 radical (unpaired) electrons. The summed E-state index contributed by atoms with van der Waals surface area (Å²) in [5.41, 5.74) is 2.15. The highest BCUT2D eigenvalue weighted by Gasteiger charge is 2.05. The minimum atomic E-state index is -0.182. The average Bonchev–Trinajstić information content (AvgIpc) is 2.56. The number of nitrogens with zero attached hydrogens (tertiary/aromatic N) is 1. The molecule has 1 heterocycles. The molecule has 0 aliphatic heterocycles. The van der Waals surface area contributed by atoms with Gasteiger partial charge in [-0.05, 0) is 37.1 Å². The molecular formula is C13H16FNO. The van der Waals surface area contributed by atoms with Crippen LogP contribution >= 0.6 is 0 Å². The summed E-state index contributed by atoms with van der Waals surface area (Å²) in [5, 5.41) is 1.12. The molecule has 0 atom stereocenters. The van der Waals surface area contributed by atoms with Crippen molar-refractivity contribution in [3.8, 4) is 0 Å². The third kappa shape index (κ3) is 2.09. The number of methoxy groups -OCH3 is 1. The molecule has 2 nitrogen and oxygen atoms in total. The first kappa shape index (κ1) is 11.1. The molecule has 1 aromatic carbocycles. The van der Waals surface area contributed by atoms with Crippen LogP contribution in [0.1, 0.15) is 12.0 Å². The number of hydrogen-bond acceptors (Lipinski definition) is 1. The molecule has 3 heteroatoms. The lowest BCUT2D eigenvalue weighted by atomic mass is 10.2. The maximum Gasteiger partial charge on any atom is 0.125 e. The molecule has 0 saturated carbocycles. The zero-order valence-corrected chi connectivity index (χ0v) is 9.66. The lowest BCUT2D eigenvalue weighted by Crippen LogP contribution is -1.99. The second-order valence-electron chi connectivity index (χ2n) is 4.01. The number of aryl methyl sites for hydroxylation is 2. The van der Waals surface area contributed by atoms with Crippen LogP contribution in [0.5, 0.6) is 0 Å². The molecule has 2 rings (SSSR count). The van der Waals surface area contributed by atoms with Crippen LogP contribution < -0.4 is 0 Å². The zero-order valence-electron chi connectivity index (χ0n) is 9.66. The topological polar surface area (TPSA) is 14.2 Å². The number of hydrogen-bond donors (Lipinski definition) is 0. The second kappa shape index (κ2) is 4.66. The molecule has 0 saturated heterocycles. The minimum Gasteiger partial charge on any atom is -0.385 e. The van der Waals surface area contributed by atoms with Gasteiger partial charge in [0.15, 0.2) is 0 Å². The van der Waals surface area contributed by atoms with E-state index in [1.165, 1.54) is 11.6 Å². The van der Waals surface area contributed by atoms with E-state index in [0.717, 1.165) is 30.5 Å². The molecule has 0 aliphatic rings. The fourth-order valence-electron chi connectivity index (χ4n) is 2.01. The van der Waals surface area contributed by atoms with Crippen LogP contribution in [0.4, 0.5) is 4.39 Å². The summed E-state index contributed by atoms with van der Waals surface area (Å²) in [6.45, 7) is 3.64. The van der Waals surface area contributed by atoms with Gasteiger partial charge in [0.25, 0.3) is 0 Å². The molecule has 0 aliphatic carbocycles. The Morgan fingerprint density at radius 3 is 2.94 bits per heavy atom. The fraction of sp³-hybridized carbons (Fsp3) is 0.385. The predicted octanol–water partition coefficient (Wildman–Crippen LogP) is 3.13. The SMILES string of the molecule is COCCCn1cc(C)c2ccc(F)cc21. The van der Waals surface area contributed by atoms with Crippen molar-refractivity contribution in [2.24, 2.45) is 0 Å². The van der Waals surface area contributed by atoms with Gasteiger partial charge in [-0.1, -0.05) is 0 Å². The monoisotopic (exact) mass is 221 g/mol. The van der Waals surface area contributed by atoms with Gasteiger partial charge in [0.05, 0.1) is 5.52 Å². The summed E-state index contributed by atoms with van der Waals surface area (Å²) in [6, 6.07) is 4.94. The van der Waals surface area contributed by atoms with Gasteiger partial charge < -0.3 is 9.30 Å². The van der Waals surface area contributed by atoms with E-state index < -0.39 is 0 Å². The normalized spacial score (nSPS) is 11.2. The van der Waals surface area contributed by atoms with E-state index in [1.807, 2.05) is 13.0 Å². The van der Waals surface area contributed by atoms with Gasteiger partial charge in [0.1, 0.15) is 5.82 Å². The van der Waals surface area contributed by atoms with Gasteiger partial charge in [-0.3, -0.25) is 0 Å². The van der Waals surface area contributed by atoms with E-state index in [2.05, 4.69) is 10.8 Å². The zero-order chi connectivity index (χ0) is 11.5. The van der Waals surface area contributed by atoms with E-state index in [4.69, 9.17) is 4.74 Å². The van der Waals surface area contributed by atoms with Crippen molar-refractivity contribution in [2.75, 3.05) is 13.7 Å². The van der Waals surface area contributed by atoms with E-state index in [-0.39, 0.29) is 5.82 Å². The van der Waals surface area contributed by atoms with E-state index >= 15 is 0 Å². The van der Waals surface area contributed by atoms with Crippen molar-refractivity contribution < 1.29 is 9.13 Å². The second-order valence-corrected chi connectivity index (χ2v) is 4.01. The Bertz CT molecular complexity index is 490. The van der Waals surface area contributed by atoms with E-state index in [9.17, 15) is 4.39 Å². The van der Waals surface area contributed by atoms with Gasteiger partial charge in [0.2, 0.25) is 0 Å². The Balaban J connectivity index is 2.33. The highest BCUT2D eigenvalue weighted by Crippen LogP contribution is 2.21. The van der Waals surface area contributed by atoms with E-state index in [0.29, 0.717) is 0 Å². The first-order chi connectivity index (χ1) is 7.72. The summed E-state index contributed by atoms with van der Waals surface area (Å²) in [5.74, 6) is -0.182. The van der Waals surface area contributed by atoms with Crippen LogP contribution in [-0.4, -0.2) is 18.3 Å². The van der Waals surface area contributed by atoms with Crippen molar-refractivity contribution in [3.63, 3.8) is 0 Å². The molecule has 16 heavy (non-hydrogen) atoms. The number of rotatable bonds is 4. The number of aromatic nitrogens is 1. The van der Waals surface area contributed by atoms with Crippen LogP contribution in [0.3, 0.4) is 0 Å². The molecule has 0 unspecified atom stereocenters. The highest BCUT2D eigenvalue weighted by molar-refractivity contribution is 5.83. The largest absolute Gasteiger partial charge is 0.385 e. The highest BCUT2D eigenvalue weighted by atomic mass is 19.1. The summed E-state index contributed by atoms with van der Waals surface area (Å²) in [7, 11) is 1.69. The maximum atomic E-state index is 13.2. The quantitative estimate of drug-likeness (QED) is 0.723. The summed E-state index contributed by atoms with van der Waals surface area (Å²) in [4.78, 5) is 0. The molecule has 0 N–H and O–H groups in total. The molecule has 0 fully saturated rings. The Kier molecular flexibility index (Phi) is 3.25. The van der Waals surface area contributed by atoms with Crippen molar-refractivity contribution in [1.82, 2.24) is 4.57 Å². The Hall–Kier alpha value is -1.35. The number of ether oxygens (including phenoxy) is 1. The number of halogens is 1. The lowest BCUT2D eigenvalue weighted by molar-refractivity contribution is 0.190. The average molecular weight is 221 g/mol. The Morgan fingerprint density at radius 2 is 2.19 bits per heavy atom. The summed E-state index contributed by atoms with van der Waals surface area (Å²) >= 11 is 0. The van der Waals surface area contributed by atoms with Crippen molar-refractivity contribution in [3.05, 3.63) is 35.8 Å². The van der Waals surface area contributed by atoms with E-state index in [1.54, 1.807) is 13.2 Å². The number of fused-ring (bicyclic) bond motifs is 1. The molecule has 0 spiro atoms. The first-order valence-electron chi connectivity index (χ1n) is 5.46. The first-order valence-corrected chi connectivity index (χ1v) is 5.46. The third-order valence-electron chi connectivity index (χ3n) is 2.79. The smallest absolute Gasteiger partial charge is 0.125 e. The van der Waals surface area contributed by atoms with Crippen molar-refractivity contribution >= 4 is 10.9 Å². The van der Waals surface area contributed by atoms with Crippen LogP contribution in [-0.2, 0) is 11.3 Å². The molecular weight excluding hydrogens is 205 g/mol. The summed E-state index contributed by atoms with van der Waals surface area (Å²) < 4.78 is 20.3. The van der Waals surface area contributed by atoms with Crippen LogP contribution in [0.15, 0.2) is 24.4 Å². The van der Waals surface area contributed by atoms with Gasteiger partial charge in [-0.2, -0.15) is 0 Å². The van der Waals surface area contributed by atoms with Gasteiger partial charge in [-0.25, -0.2) is 4.39 Å². The molecule has 86 valence electrons. The van der Waals surface area contributed by atoms with Crippen LogP contribution in [0.25, 0.3) is 10.9 Å². The van der Waals surface area contributed by atoms with Gasteiger partial charge in [-0.15, -0.1) is 0 Å². The molecule has 1 aromatic heterocycles. The summed E-state index contributed by atoms with van der Waals surface area (Å²) in [6.07, 6.45) is 3.01. The minimum absolute atomic E-state index is 0.182. The Labute approximate surface area is 94.6 Å².